The molecule has 0 spiro atoms. The second kappa shape index (κ2) is 3.83. The van der Waals surface area contributed by atoms with Crippen molar-refractivity contribution in [1.82, 2.24) is 9.97 Å². The molecule has 0 saturated carbocycles. The van der Waals surface area contributed by atoms with Crippen LogP contribution >= 0.6 is 11.6 Å². The molecule has 0 aliphatic carbocycles. The van der Waals surface area contributed by atoms with E-state index in [1.165, 1.54) is 0 Å². The van der Waals surface area contributed by atoms with Crippen molar-refractivity contribution in [3.63, 3.8) is 0 Å². The van der Waals surface area contributed by atoms with E-state index < -0.39 is 0 Å². The molecule has 0 aliphatic heterocycles. The van der Waals surface area contributed by atoms with Crippen molar-refractivity contribution in [2.75, 3.05) is 0 Å². The molecular formula is C11H14ClN3. The highest BCUT2D eigenvalue weighted by Gasteiger charge is 2.07. The van der Waals surface area contributed by atoms with Crippen LogP contribution in [0, 0.1) is 6.92 Å². The molecule has 1 aromatic heterocycles. The van der Waals surface area contributed by atoms with Crippen molar-refractivity contribution in [1.29, 1.82) is 0 Å². The van der Waals surface area contributed by atoms with E-state index in [9.17, 15) is 0 Å². The van der Waals surface area contributed by atoms with Crippen LogP contribution in [0.4, 0.5) is 0 Å². The third kappa shape index (κ3) is 2.13. The number of imidazole rings is 1. The van der Waals surface area contributed by atoms with Gasteiger partial charge in [0.2, 0.25) is 0 Å². The van der Waals surface area contributed by atoms with E-state index in [2.05, 4.69) is 16.0 Å². The van der Waals surface area contributed by atoms with Gasteiger partial charge in [0.05, 0.1) is 10.5 Å². The van der Waals surface area contributed by atoms with Gasteiger partial charge in [0.25, 0.3) is 0 Å². The highest BCUT2D eigenvalue weighted by Crippen LogP contribution is 2.24. The Morgan fingerprint density at radius 2 is 2.27 bits per heavy atom. The fraction of sp³-hybridized carbons (Fsp3) is 0.364. The van der Waals surface area contributed by atoms with Crippen molar-refractivity contribution in [2.45, 2.75) is 26.3 Å². The van der Waals surface area contributed by atoms with Crippen LogP contribution in [0.25, 0.3) is 11.0 Å². The summed E-state index contributed by atoms with van der Waals surface area (Å²) in [4.78, 5) is 7.49. The normalized spacial score (nSPS) is 13.3. The lowest BCUT2D eigenvalue weighted by Crippen LogP contribution is -2.17. The summed E-state index contributed by atoms with van der Waals surface area (Å²) in [5, 5.41) is 0.688. The minimum Gasteiger partial charge on any atom is -0.342 e. The van der Waals surface area contributed by atoms with Gasteiger partial charge in [-0.3, -0.25) is 0 Å². The molecule has 4 heteroatoms. The van der Waals surface area contributed by atoms with Crippen LogP contribution in [-0.4, -0.2) is 16.0 Å². The maximum atomic E-state index is 6.14. The summed E-state index contributed by atoms with van der Waals surface area (Å²) in [5.74, 6) is 0.879. The number of aromatic nitrogens is 2. The number of halogens is 1. The predicted octanol–water partition coefficient (Wildman–Crippen LogP) is 2.41. The van der Waals surface area contributed by atoms with Crippen molar-refractivity contribution in [2.24, 2.45) is 5.73 Å². The lowest BCUT2D eigenvalue weighted by molar-refractivity contribution is 0.739. The molecule has 0 radical (unpaired) electrons. The third-order valence-corrected chi connectivity index (χ3v) is 2.56. The molecule has 2 rings (SSSR count). The van der Waals surface area contributed by atoms with Crippen LogP contribution in [0.15, 0.2) is 12.1 Å². The summed E-state index contributed by atoms with van der Waals surface area (Å²) in [7, 11) is 0. The molecule has 0 saturated heterocycles. The molecule has 80 valence electrons. The number of aryl methyl sites for hydroxylation is 1. The van der Waals surface area contributed by atoms with E-state index in [1.54, 1.807) is 0 Å². The summed E-state index contributed by atoms with van der Waals surface area (Å²) in [6.45, 7) is 3.90. The maximum Gasteiger partial charge on any atom is 0.107 e. The molecule has 1 heterocycles. The average Bonchev–Trinajstić information content (AvgIpc) is 2.44. The van der Waals surface area contributed by atoms with Gasteiger partial charge < -0.3 is 10.7 Å². The molecule has 2 aromatic rings. The van der Waals surface area contributed by atoms with Crippen LogP contribution in [0.2, 0.25) is 5.02 Å². The van der Waals surface area contributed by atoms with E-state index in [1.807, 2.05) is 19.9 Å². The van der Waals surface area contributed by atoms with Crippen molar-refractivity contribution < 1.29 is 0 Å². The molecular weight excluding hydrogens is 210 g/mol. The summed E-state index contributed by atoms with van der Waals surface area (Å²) < 4.78 is 0. The molecule has 0 bridgehead atoms. The van der Waals surface area contributed by atoms with Gasteiger partial charge in [0.1, 0.15) is 11.3 Å². The van der Waals surface area contributed by atoms with Crippen molar-refractivity contribution in [3.8, 4) is 0 Å². The number of nitrogens with zero attached hydrogens (tertiary/aromatic N) is 1. The van der Waals surface area contributed by atoms with Crippen LogP contribution < -0.4 is 5.73 Å². The molecule has 3 nitrogen and oxygen atoms in total. The largest absolute Gasteiger partial charge is 0.342 e. The Hall–Kier alpha value is -1.06. The fourth-order valence-corrected chi connectivity index (χ4v) is 2.03. The molecule has 0 fully saturated rings. The van der Waals surface area contributed by atoms with E-state index in [0.29, 0.717) is 5.02 Å². The number of nitrogens with one attached hydrogen (secondary N) is 1. The van der Waals surface area contributed by atoms with E-state index in [-0.39, 0.29) is 6.04 Å². The Kier molecular flexibility index (Phi) is 2.67. The zero-order valence-electron chi connectivity index (χ0n) is 8.84. The number of hydrogen-bond acceptors (Lipinski definition) is 2. The van der Waals surface area contributed by atoms with Crippen LogP contribution in [0.5, 0.6) is 0 Å². The van der Waals surface area contributed by atoms with Crippen LogP contribution in [-0.2, 0) is 6.42 Å². The maximum absolute atomic E-state index is 6.14. The smallest absolute Gasteiger partial charge is 0.107 e. The van der Waals surface area contributed by atoms with Crippen molar-refractivity contribution in [3.05, 3.63) is 28.5 Å². The van der Waals surface area contributed by atoms with Crippen LogP contribution in [0.1, 0.15) is 18.3 Å². The van der Waals surface area contributed by atoms with E-state index in [4.69, 9.17) is 17.3 Å². The first kappa shape index (κ1) is 10.5. The summed E-state index contributed by atoms with van der Waals surface area (Å²) in [6, 6.07) is 4.14. The predicted molar refractivity (Wildman–Crippen MR) is 63.2 cm³/mol. The summed E-state index contributed by atoms with van der Waals surface area (Å²) in [6.07, 6.45) is 0.827. The Morgan fingerprint density at radius 1 is 1.53 bits per heavy atom. The minimum atomic E-state index is 0.141. The number of nitrogens with two attached hydrogens (primary N) is 1. The first-order valence-corrected chi connectivity index (χ1v) is 5.34. The molecule has 1 unspecified atom stereocenters. The van der Waals surface area contributed by atoms with Gasteiger partial charge in [0, 0.05) is 6.04 Å². The second-order valence-electron chi connectivity index (χ2n) is 3.98. The van der Waals surface area contributed by atoms with Gasteiger partial charge in [-0.05, 0) is 38.0 Å². The number of fused-ring (bicyclic) bond motifs is 1. The third-order valence-electron chi connectivity index (χ3n) is 2.28. The average molecular weight is 224 g/mol. The Labute approximate surface area is 93.6 Å². The number of aromatic amines is 1. The highest BCUT2D eigenvalue weighted by atomic mass is 35.5. The summed E-state index contributed by atoms with van der Waals surface area (Å²) in [5.41, 5.74) is 8.72. The van der Waals surface area contributed by atoms with Gasteiger partial charge in [0.15, 0.2) is 0 Å². The van der Waals surface area contributed by atoms with Gasteiger partial charge in [-0.25, -0.2) is 4.98 Å². The SMILES string of the molecule is Cc1nc2c(Cl)cc(CC(C)N)cc2[nH]1. The first-order chi connectivity index (χ1) is 7.06. The van der Waals surface area contributed by atoms with Gasteiger partial charge in [-0.2, -0.15) is 0 Å². The second-order valence-corrected chi connectivity index (χ2v) is 4.38. The molecule has 1 atom stereocenters. The minimum absolute atomic E-state index is 0.141. The molecule has 0 amide bonds. The zero-order valence-corrected chi connectivity index (χ0v) is 9.60. The first-order valence-electron chi connectivity index (χ1n) is 4.96. The lowest BCUT2D eigenvalue weighted by Gasteiger charge is -2.05. The van der Waals surface area contributed by atoms with E-state index in [0.717, 1.165) is 28.8 Å². The standard InChI is InChI=1S/C11H14ClN3/c1-6(13)3-8-4-9(12)11-10(5-8)14-7(2)15-11/h4-6H,3,13H2,1-2H3,(H,14,15). The number of H-pyrrole nitrogens is 1. The molecule has 3 N–H and O–H groups in total. The Balaban J connectivity index is 2.51. The Morgan fingerprint density at radius 3 is 2.93 bits per heavy atom. The van der Waals surface area contributed by atoms with Gasteiger partial charge in [-0.1, -0.05) is 11.6 Å². The number of hydrogen-bond donors (Lipinski definition) is 2. The quantitative estimate of drug-likeness (QED) is 0.822. The topological polar surface area (TPSA) is 54.7 Å². The molecule has 15 heavy (non-hydrogen) atoms. The number of rotatable bonds is 2. The van der Waals surface area contributed by atoms with Crippen molar-refractivity contribution >= 4 is 22.6 Å². The lowest BCUT2D eigenvalue weighted by atomic mass is 10.1. The highest BCUT2D eigenvalue weighted by molar-refractivity contribution is 6.35. The van der Waals surface area contributed by atoms with Gasteiger partial charge in [-0.15, -0.1) is 0 Å². The van der Waals surface area contributed by atoms with Gasteiger partial charge >= 0.3 is 0 Å². The summed E-state index contributed by atoms with van der Waals surface area (Å²) >= 11 is 6.14. The zero-order chi connectivity index (χ0) is 11.0. The molecule has 1 aromatic carbocycles. The number of benzene rings is 1. The van der Waals surface area contributed by atoms with E-state index >= 15 is 0 Å². The molecule has 0 aliphatic rings. The Bertz CT molecular complexity index is 488. The van der Waals surface area contributed by atoms with Crippen LogP contribution in [0.3, 0.4) is 0 Å². The fourth-order valence-electron chi connectivity index (χ4n) is 1.74. The monoisotopic (exact) mass is 223 g/mol.